The third kappa shape index (κ3) is 3.81. The van der Waals surface area contributed by atoms with Crippen molar-refractivity contribution in [1.82, 2.24) is 10.6 Å². The minimum atomic E-state index is 0. The molecule has 0 bridgehead atoms. The molecule has 0 aromatic heterocycles. The van der Waals surface area contributed by atoms with E-state index in [2.05, 4.69) is 29.5 Å². The molecule has 2 aliphatic rings. The molecular formula is C18H28IN3O3. The highest BCUT2D eigenvalue weighted by atomic mass is 127. The highest BCUT2D eigenvalue weighted by Gasteiger charge is 2.59. The van der Waals surface area contributed by atoms with Gasteiger partial charge >= 0.3 is 0 Å². The van der Waals surface area contributed by atoms with E-state index < -0.39 is 0 Å². The number of hydrogen-bond acceptors (Lipinski definition) is 4. The summed E-state index contributed by atoms with van der Waals surface area (Å²) in [6.45, 7) is 5.79. The molecule has 1 heterocycles. The molecule has 25 heavy (non-hydrogen) atoms. The van der Waals surface area contributed by atoms with Crippen LogP contribution in [0.25, 0.3) is 0 Å². The van der Waals surface area contributed by atoms with Crippen molar-refractivity contribution in [2.75, 3.05) is 20.8 Å². The number of nitrogens with zero attached hydrogens (tertiary/aromatic N) is 1. The quantitative estimate of drug-likeness (QED) is 0.365. The van der Waals surface area contributed by atoms with Crippen LogP contribution in [-0.2, 0) is 11.3 Å². The van der Waals surface area contributed by atoms with Gasteiger partial charge in [0.25, 0.3) is 0 Å². The number of guanidine groups is 1. The summed E-state index contributed by atoms with van der Waals surface area (Å²) in [7, 11) is 3.37. The lowest BCUT2D eigenvalue weighted by atomic mass is 9.57. The van der Waals surface area contributed by atoms with Gasteiger partial charge in [0.05, 0.1) is 13.2 Å². The Bertz CT molecular complexity index is 636. The van der Waals surface area contributed by atoms with Crippen LogP contribution in [0.3, 0.4) is 0 Å². The van der Waals surface area contributed by atoms with Crippen molar-refractivity contribution < 1.29 is 14.6 Å². The molecule has 7 heteroatoms. The Labute approximate surface area is 166 Å². The fourth-order valence-corrected chi connectivity index (χ4v) is 3.97. The van der Waals surface area contributed by atoms with Crippen LogP contribution >= 0.6 is 24.0 Å². The fourth-order valence-electron chi connectivity index (χ4n) is 3.97. The third-order valence-electron chi connectivity index (χ3n) is 5.35. The van der Waals surface area contributed by atoms with Crippen molar-refractivity contribution in [1.29, 1.82) is 0 Å². The molecule has 0 spiro atoms. The van der Waals surface area contributed by atoms with Crippen molar-refractivity contribution >= 4 is 29.9 Å². The molecular weight excluding hydrogens is 433 g/mol. The van der Waals surface area contributed by atoms with E-state index in [9.17, 15) is 5.11 Å². The molecule has 3 atom stereocenters. The highest BCUT2D eigenvalue weighted by Crippen LogP contribution is 2.52. The lowest BCUT2D eigenvalue weighted by molar-refractivity contribution is -0.106. The number of nitrogens with one attached hydrogen (secondary N) is 2. The van der Waals surface area contributed by atoms with Crippen molar-refractivity contribution in [2.24, 2.45) is 16.3 Å². The van der Waals surface area contributed by atoms with Crippen LogP contribution in [-0.4, -0.2) is 44.0 Å². The normalized spacial score (nSPS) is 26.9. The van der Waals surface area contributed by atoms with Crippen LogP contribution in [0.4, 0.5) is 0 Å². The third-order valence-corrected chi connectivity index (χ3v) is 5.35. The van der Waals surface area contributed by atoms with E-state index >= 15 is 0 Å². The Morgan fingerprint density at radius 2 is 2.20 bits per heavy atom. The largest absolute Gasteiger partial charge is 0.508 e. The maximum absolute atomic E-state index is 9.99. The number of hydrogen-bond donors (Lipinski definition) is 3. The minimum absolute atomic E-state index is 0. The standard InChI is InChI=1S/C18H27N3O3.HI/c1-18(2)15(13-7-8-24-16(13)18)21-17(19-3)20-10-11-9-12(23-4)5-6-14(11)22;/h5-6,9,13,15-16,22H,7-8,10H2,1-4H3,(H2,19,20,21);1H. The van der Waals surface area contributed by atoms with Gasteiger partial charge in [-0.1, -0.05) is 13.8 Å². The van der Waals surface area contributed by atoms with Crippen LogP contribution in [0.2, 0.25) is 0 Å². The Hall–Kier alpha value is -1.22. The molecule has 0 amide bonds. The second-order valence-corrected chi connectivity index (χ2v) is 7.11. The molecule has 2 fully saturated rings. The van der Waals surface area contributed by atoms with Crippen LogP contribution in [0.1, 0.15) is 25.8 Å². The van der Waals surface area contributed by atoms with Gasteiger partial charge in [-0.2, -0.15) is 0 Å². The molecule has 1 aromatic carbocycles. The molecule has 1 aromatic rings. The molecule has 1 aliphatic heterocycles. The van der Waals surface area contributed by atoms with Crippen molar-refractivity contribution in [3.63, 3.8) is 0 Å². The highest BCUT2D eigenvalue weighted by molar-refractivity contribution is 14.0. The monoisotopic (exact) mass is 461 g/mol. The predicted octanol–water partition coefficient (Wildman–Crippen LogP) is 2.50. The maximum Gasteiger partial charge on any atom is 0.191 e. The van der Waals surface area contributed by atoms with Gasteiger partial charge in [-0.15, -0.1) is 24.0 Å². The first-order valence-electron chi connectivity index (χ1n) is 8.42. The molecule has 3 unspecified atom stereocenters. The van der Waals surface area contributed by atoms with E-state index in [4.69, 9.17) is 9.47 Å². The molecule has 140 valence electrons. The number of aliphatic imine (C=N–C) groups is 1. The van der Waals surface area contributed by atoms with Crippen LogP contribution < -0.4 is 15.4 Å². The van der Waals surface area contributed by atoms with Gasteiger partial charge in [-0.05, 0) is 24.6 Å². The number of halogens is 1. The molecule has 1 saturated carbocycles. The summed E-state index contributed by atoms with van der Waals surface area (Å²) >= 11 is 0. The van der Waals surface area contributed by atoms with Gasteiger partial charge < -0.3 is 25.2 Å². The summed E-state index contributed by atoms with van der Waals surface area (Å²) < 4.78 is 11.0. The predicted molar refractivity (Wildman–Crippen MR) is 109 cm³/mol. The molecule has 3 rings (SSSR count). The van der Waals surface area contributed by atoms with E-state index in [0.29, 0.717) is 24.6 Å². The molecule has 0 radical (unpaired) electrons. The Morgan fingerprint density at radius 3 is 2.88 bits per heavy atom. The smallest absolute Gasteiger partial charge is 0.191 e. The summed E-state index contributed by atoms with van der Waals surface area (Å²) in [5, 5.41) is 16.8. The van der Waals surface area contributed by atoms with E-state index in [0.717, 1.165) is 30.3 Å². The molecule has 1 aliphatic carbocycles. The van der Waals surface area contributed by atoms with Crippen molar-refractivity contribution in [3.8, 4) is 11.5 Å². The van der Waals surface area contributed by atoms with Crippen LogP contribution in [0.5, 0.6) is 11.5 Å². The topological polar surface area (TPSA) is 75.1 Å². The zero-order valence-electron chi connectivity index (χ0n) is 15.2. The summed E-state index contributed by atoms with van der Waals surface area (Å²) in [4.78, 5) is 4.32. The zero-order valence-corrected chi connectivity index (χ0v) is 17.5. The lowest BCUT2D eigenvalue weighted by Crippen LogP contribution is -2.67. The number of rotatable bonds is 4. The van der Waals surface area contributed by atoms with Gasteiger partial charge in [0.1, 0.15) is 11.5 Å². The van der Waals surface area contributed by atoms with Gasteiger partial charge in [-0.25, -0.2) is 0 Å². The SMILES string of the molecule is CN=C(NCc1cc(OC)ccc1O)NC1C2CCOC2C1(C)C.I. The molecule has 3 N–H and O–H groups in total. The van der Waals surface area contributed by atoms with Crippen LogP contribution in [0, 0.1) is 11.3 Å². The average Bonchev–Trinajstić information content (AvgIpc) is 3.03. The Balaban J connectivity index is 0.00000225. The van der Waals surface area contributed by atoms with Crippen molar-refractivity contribution in [3.05, 3.63) is 23.8 Å². The number of ether oxygens (including phenoxy) is 2. The number of aromatic hydroxyl groups is 1. The van der Waals surface area contributed by atoms with Gasteiger partial charge in [0.2, 0.25) is 0 Å². The second-order valence-electron chi connectivity index (χ2n) is 7.11. The molecule has 1 saturated heterocycles. The van der Waals surface area contributed by atoms with Crippen molar-refractivity contribution in [2.45, 2.75) is 39.0 Å². The zero-order chi connectivity index (χ0) is 17.3. The Kier molecular flexibility index (Phi) is 6.42. The summed E-state index contributed by atoms with van der Waals surface area (Å²) in [5.41, 5.74) is 0.865. The van der Waals surface area contributed by atoms with Gasteiger partial charge in [-0.3, -0.25) is 4.99 Å². The first-order valence-corrected chi connectivity index (χ1v) is 8.42. The van der Waals surface area contributed by atoms with E-state index in [1.807, 2.05) is 6.07 Å². The summed E-state index contributed by atoms with van der Waals surface area (Å²) in [6, 6.07) is 5.55. The number of methoxy groups -OCH3 is 1. The molecule has 6 nitrogen and oxygen atoms in total. The Morgan fingerprint density at radius 1 is 1.44 bits per heavy atom. The number of benzene rings is 1. The lowest BCUT2D eigenvalue weighted by Gasteiger charge is -2.54. The van der Waals surface area contributed by atoms with Crippen LogP contribution in [0.15, 0.2) is 23.2 Å². The number of fused-ring (bicyclic) bond motifs is 1. The maximum atomic E-state index is 9.99. The average molecular weight is 461 g/mol. The minimum Gasteiger partial charge on any atom is -0.508 e. The summed E-state index contributed by atoms with van der Waals surface area (Å²) in [6.07, 6.45) is 1.44. The first kappa shape index (κ1) is 20.1. The fraction of sp³-hybridized carbons (Fsp3) is 0.611. The van der Waals surface area contributed by atoms with E-state index in [1.165, 1.54) is 0 Å². The second kappa shape index (κ2) is 7.99. The van der Waals surface area contributed by atoms with Gasteiger partial charge in [0, 0.05) is 43.1 Å². The van der Waals surface area contributed by atoms with E-state index in [-0.39, 0.29) is 35.1 Å². The number of phenolic OH excluding ortho intramolecular Hbond substituents is 1. The van der Waals surface area contributed by atoms with Gasteiger partial charge in [0.15, 0.2) is 5.96 Å². The van der Waals surface area contributed by atoms with E-state index in [1.54, 1.807) is 26.3 Å². The summed E-state index contributed by atoms with van der Waals surface area (Å²) in [5.74, 6) is 2.25. The number of phenols is 1. The first-order chi connectivity index (χ1) is 11.5.